The van der Waals surface area contributed by atoms with Gasteiger partial charge in [0.2, 0.25) is 11.8 Å². The average molecular weight is 374 g/mol. The van der Waals surface area contributed by atoms with E-state index in [-0.39, 0.29) is 24.7 Å². The second-order valence-electron chi connectivity index (χ2n) is 7.25. The van der Waals surface area contributed by atoms with Crippen LogP contribution in [-0.2, 0) is 22.4 Å². The van der Waals surface area contributed by atoms with E-state index in [4.69, 9.17) is 0 Å². The fraction of sp³-hybridized carbons (Fsp3) is 0.333. The van der Waals surface area contributed by atoms with Crippen LogP contribution in [0.2, 0.25) is 0 Å². The molecule has 0 aromatic heterocycles. The number of hydrogen-bond acceptors (Lipinski definition) is 2. The van der Waals surface area contributed by atoms with Crippen LogP contribution in [0.1, 0.15) is 25.0 Å². The number of carbonyl (C=O) groups excluding carboxylic acids is 2. The van der Waals surface area contributed by atoms with Gasteiger partial charge < -0.3 is 10.6 Å². The third-order valence-corrected chi connectivity index (χ3v) is 4.15. The molecule has 0 bridgehead atoms. The van der Waals surface area contributed by atoms with Crippen LogP contribution in [0.4, 0.5) is 8.78 Å². The predicted molar refractivity (Wildman–Crippen MR) is 100 cm³/mol. The number of rotatable bonds is 8. The lowest BCUT2D eigenvalue weighted by atomic mass is 9.93. The Kier molecular flexibility index (Phi) is 7.05. The van der Waals surface area contributed by atoms with Crippen LogP contribution in [-0.4, -0.2) is 24.9 Å². The molecule has 0 spiro atoms. The van der Waals surface area contributed by atoms with E-state index in [1.807, 2.05) is 13.8 Å². The molecule has 0 saturated heterocycles. The van der Waals surface area contributed by atoms with Crippen molar-refractivity contribution in [2.24, 2.45) is 5.41 Å². The molecule has 4 nitrogen and oxygen atoms in total. The molecule has 0 atom stereocenters. The van der Waals surface area contributed by atoms with Gasteiger partial charge in [-0.2, -0.15) is 0 Å². The first kappa shape index (κ1) is 20.6. The fourth-order valence-corrected chi connectivity index (χ4v) is 2.49. The molecule has 2 aromatic rings. The summed E-state index contributed by atoms with van der Waals surface area (Å²) < 4.78 is 27.2. The lowest BCUT2D eigenvalue weighted by Crippen LogP contribution is -2.42. The van der Waals surface area contributed by atoms with Gasteiger partial charge >= 0.3 is 0 Å². The standard InChI is InChI=1S/C21H24F2N2O2/c1-21(2,13-24-19(26)11-15-7-3-5-9-17(15)22)14-25-20(27)12-16-8-4-6-10-18(16)23/h3-10H,11-14H2,1-2H3,(H,24,26)(H,25,27). The third kappa shape index (κ3) is 6.81. The van der Waals surface area contributed by atoms with Crippen molar-refractivity contribution in [2.45, 2.75) is 26.7 Å². The van der Waals surface area contributed by atoms with Gasteiger partial charge in [0.1, 0.15) is 11.6 Å². The van der Waals surface area contributed by atoms with E-state index in [2.05, 4.69) is 10.6 Å². The Morgan fingerprint density at radius 2 is 1.15 bits per heavy atom. The maximum Gasteiger partial charge on any atom is 0.224 e. The first-order valence-electron chi connectivity index (χ1n) is 8.77. The van der Waals surface area contributed by atoms with Gasteiger partial charge in [0.25, 0.3) is 0 Å². The first-order chi connectivity index (χ1) is 12.8. The summed E-state index contributed by atoms with van der Waals surface area (Å²) in [6.07, 6.45) is -0.0786. The van der Waals surface area contributed by atoms with E-state index in [0.717, 1.165) is 0 Å². The molecule has 2 amide bonds. The molecule has 6 heteroatoms. The van der Waals surface area contributed by atoms with E-state index in [0.29, 0.717) is 24.2 Å². The Morgan fingerprint density at radius 3 is 1.52 bits per heavy atom. The summed E-state index contributed by atoms with van der Waals surface area (Å²) in [6, 6.07) is 12.3. The van der Waals surface area contributed by atoms with Gasteiger partial charge in [-0.05, 0) is 28.7 Å². The molecule has 0 unspecified atom stereocenters. The van der Waals surface area contributed by atoms with Crippen LogP contribution in [0.15, 0.2) is 48.5 Å². The van der Waals surface area contributed by atoms with E-state index in [1.54, 1.807) is 36.4 Å². The second-order valence-corrected chi connectivity index (χ2v) is 7.25. The van der Waals surface area contributed by atoms with Crippen molar-refractivity contribution in [3.63, 3.8) is 0 Å². The number of carbonyl (C=O) groups is 2. The summed E-state index contributed by atoms with van der Waals surface area (Å²) in [5.41, 5.74) is 0.271. The van der Waals surface area contributed by atoms with Crippen molar-refractivity contribution in [3.8, 4) is 0 Å². The summed E-state index contributed by atoms with van der Waals surface area (Å²) in [6.45, 7) is 4.42. The maximum absolute atomic E-state index is 13.6. The Morgan fingerprint density at radius 1 is 0.778 bits per heavy atom. The summed E-state index contributed by atoms with van der Waals surface area (Å²) in [4.78, 5) is 24.0. The number of hydrogen-bond donors (Lipinski definition) is 2. The van der Waals surface area contributed by atoms with Gasteiger partial charge in [-0.1, -0.05) is 50.2 Å². The van der Waals surface area contributed by atoms with Crippen LogP contribution in [0.25, 0.3) is 0 Å². The van der Waals surface area contributed by atoms with E-state index in [1.165, 1.54) is 12.1 Å². The molecular weight excluding hydrogens is 350 g/mol. The Bertz CT molecular complexity index is 741. The van der Waals surface area contributed by atoms with E-state index >= 15 is 0 Å². The van der Waals surface area contributed by atoms with Crippen molar-refractivity contribution < 1.29 is 18.4 Å². The highest BCUT2D eigenvalue weighted by Gasteiger charge is 2.20. The molecule has 2 rings (SSSR count). The molecule has 0 saturated carbocycles. The van der Waals surface area contributed by atoms with Crippen molar-refractivity contribution in [1.29, 1.82) is 0 Å². The lowest BCUT2D eigenvalue weighted by Gasteiger charge is -2.25. The molecule has 2 aromatic carbocycles. The van der Waals surface area contributed by atoms with E-state index < -0.39 is 17.0 Å². The number of benzene rings is 2. The summed E-state index contributed by atoms with van der Waals surface area (Å²) in [7, 11) is 0. The molecular formula is C21H24F2N2O2. The number of halogens is 2. The molecule has 0 aliphatic heterocycles. The van der Waals surface area contributed by atoms with Crippen molar-refractivity contribution in [1.82, 2.24) is 10.6 Å². The van der Waals surface area contributed by atoms with Crippen LogP contribution in [0.5, 0.6) is 0 Å². The van der Waals surface area contributed by atoms with Crippen LogP contribution >= 0.6 is 0 Å². The van der Waals surface area contributed by atoms with Crippen LogP contribution < -0.4 is 10.6 Å². The van der Waals surface area contributed by atoms with E-state index in [9.17, 15) is 18.4 Å². The van der Waals surface area contributed by atoms with Crippen LogP contribution in [0.3, 0.4) is 0 Å². The number of nitrogens with one attached hydrogen (secondary N) is 2. The minimum atomic E-state index is -0.410. The van der Waals surface area contributed by atoms with Crippen LogP contribution in [0, 0.1) is 17.0 Å². The molecule has 0 aliphatic rings. The highest BCUT2D eigenvalue weighted by Crippen LogP contribution is 2.13. The largest absolute Gasteiger partial charge is 0.355 e. The Hall–Kier alpha value is -2.76. The van der Waals surface area contributed by atoms with Gasteiger partial charge in [-0.15, -0.1) is 0 Å². The van der Waals surface area contributed by atoms with Gasteiger partial charge in [0, 0.05) is 13.1 Å². The second kappa shape index (κ2) is 9.26. The predicted octanol–water partition coefficient (Wildman–Crippen LogP) is 3.01. The highest BCUT2D eigenvalue weighted by molar-refractivity contribution is 5.79. The molecule has 27 heavy (non-hydrogen) atoms. The molecule has 0 heterocycles. The zero-order valence-corrected chi connectivity index (χ0v) is 15.5. The maximum atomic E-state index is 13.6. The van der Waals surface area contributed by atoms with Gasteiger partial charge in [-0.3, -0.25) is 9.59 Å². The minimum Gasteiger partial charge on any atom is -0.355 e. The summed E-state index contributed by atoms with van der Waals surface area (Å²) in [5.74, 6) is -1.39. The topological polar surface area (TPSA) is 58.2 Å². The number of amides is 2. The third-order valence-electron chi connectivity index (χ3n) is 4.15. The molecule has 2 N–H and O–H groups in total. The molecule has 0 radical (unpaired) electrons. The first-order valence-corrected chi connectivity index (χ1v) is 8.77. The molecule has 144 valence electrons. The summed E-state index contributed by atoms with van der Waals surface area (Å²) >= 11 is 0. The molecule has 0 fully saturated rings. The van der Waals surface area contributed by atoms with Gasteiger partial charge in [-0.25, -0.2) is 8.78 Å². The summed E-state index contributed by atoms with van der Waals surface area (Å²) in [5, 5.41) is 5.53. The monoisotopic (exact) mass is 374 g/mol. The Labute approximate surface area is 158 Å². The zero-order chi connectivity index (χ0) is 19.9. The van der Waals surface area contributed by atoms with Gasteiger partial charge in [0.15, 0.2) is 0 Å². The highest BCUT2D eigenvalue weighted by atomic mass is 19.1. The smallest absolute Gasteiger partial charge is 0.224 e. The SMILES string of the molecule is CC(C)(CNC(=O)Cc1ccccc1F)CNC(=O)Cc1ccccc1F. The Balaban J connectivity index is 1.77. The fourth-order valence-electron chi connectivity index (χ4n) is 2.49. The lowest BCUT2D eigenvalue weighted by molar-refractivity contribution is -0.121. The average Bonchev–Trinajstić information content (AvgIpc) is 2.62. The van der Waals surface area contributed by atoms with Crippen molar-refractivity contribution in [2.75, 3.05) is 13.1 Å². The quantitative estimate of drug-likeness (QED) is 0.746. The van der Waals surface area contributed by atoms with Crippen molar-refractivity contribution in [3.05, 3.63) is 71.3 Å². The normalized spacial score (nSPS) is 11.1. The van der Waals surface area contributed by atoms with Crippen molar-refractivity contribution >= 4 is 11.8 Å². The zero-order valence-electron chi connectivity index (χ0n) is 15.5. The molecule has 0 aliphatic carbocycles. The van der Waals surface area contributed by atoms with Gasteiger partial charge in [0.05, 0.1) is 12.8 Å². The minimum absolute atomic E-state index is 0.0393.